The molecule has 2 rings (SSSR count). The Morgan fingerprint density at radius 2 is 1.66 bits per heavy atom. The van der Waals surface area contributed by atoms with Crippen LogP contribution in [0.25, 0.3) is 0 Å². The van der Waals surface area contributed by atoms with Gasteiger partial charge in [0.25, 0.3) is 0 Å². The molecule has 0 radical (unpaired) electrons. The minimum Gasteiger partial charge on any atom is -0.494 e. The molecule has 0 bridgehead atoms. The van der Waals surface area contributed by atoms with Crippen molar-refractivity contribution in [3.8, 4) is 5.75 Å². The molecule has 0 aliphatic heterocycles. The van der Waals surface area contributed by atoms with Crippen LogP contribution in [0.1, 0.15) is 13.3 Å². The molecule has 0 heterocycles. The van der Waals surface area contributed by atoms with E-state index in [1.165, 1.54) is 19.2 Å². The Labute approximate surface area is 187 Å². The van der Waals surface area contributed by atoms with Gasteiger partial charge >= 0.3 is 6.09 Å². The maximum Gasteiger partial charge on any atom is 0.411 e. The van der Waals surface area contributed by atoms with Gasteiger partial charge in [0.1, 0.15) is 12.4 Å². The summed E-state index contributed by atoms with van der Waals surface area (Å²) in [4.78, 5) is 23.9. The van der Waals surface area contributed by atoms with Crippen LogP contribution in [0.3, 0.4) is 0 Å². The average molecular weight is 466 g/mol. The van der Waals surface area contributed by atoms with Gasteiger partial charge < -0.3 is 19.5 Å². The van der Waals surface area contributed by atoms with Crippen molar-refractivity contribution in [3.63, 3.8) is 0 Å². The molecule has 3 N–H and O–H groups in total. The molecule has 0 fully saturated rings. The fourth-order valence-corrected chi connectivity index (χ4v) is 3.57. The summed E-state index contributed by atoms with van der Waals surface area (Å²) in [5, 5.41) is 5.19. The normalized spacial score (nSPS) is 10.9. The molecular weight excluding hydrogens is 438 g/mol. The average Bonchev–Trinajstić information content (AvgIpc) is 2.74. The van der Waals surface area contributed by atoms with Gasteiger partial charge in [-0.3, -0.25) is 10.1 Å². The number of hydrogen-bond acceptors (Lipinski definition) is 7. The minimum atomic E-state index is -3.75. The fourth-order valence-electron chi connectivity index (χ4n) is 2.53. The fraction of sp³-hybridized carbons (Fsp3) is 0.333. The molecule has 11 heteroatoms. The zero-order valence-corrected chi connectivity index (χ0v) is 18.7. The molecule has 0 atom stereocenters. The number of ether oxygens (including phenoxy) is 3. The van der Waals surface area contributed by atoms with E-state index in [1.807, 2.05) is 6.92 Å². The number of carbonyl (C=O) groups is 2. The lowest BCUT2D eigenvalue weighted by Crippen LogP contribution is -2.27. The first-order valence-corrected chi connectivity index (χ1v) is 11.4. The van der Waals surface area contributed by atoms with Crippen LogP contribution in [0, 0.1) is 0 Å². The molecular formula is C21H27N3O7S. The summed E-state index contributed by atoms with van der Waals surface area (Å²) in [5.41, 5.74) is 0.875. The van der Waals surface area contributed by atoms with Gasteiger partial charge in [-0.25, -0.2) is 17.9 Å². The summed E-state index contributed by atoms with van der Waals surface area (Å²) in [7, 11) is -2.25. The van der Waals surface area contributed by atoms with Crippen LogP contribution in [0.4, 0.5) is 16.2 Å². The number of sulfonamides is 1. The van der Waals surface area contributed by atoms with Crippen LogP contribution < -0.4 is 20.1 Å². The smallest absolute Gasteiger partial charge is 0.411 e. The van der Waals surface area contributed by atoms with E-state index in [0.29, 0.717) is 23.7 Å². The van der Waals surface area contributed by atoms with Gasteiger partial charge in [0.2, 0.25) is 15.9 Å². The Bertz CT molecular complexity index is 995. The summed E-state index contributed by atoms with van der Waals surface area (Å²) < 4.78 is 42.1. The summed E-state index contributed by atoms with van der Waals surface area (Å²) >= 11 is 0. The Hall–Kier alpha value is -3.15. The number of hydrogen-bond donors (Lipinski definition) is 3. The quantitative estimate of drug-likeness (QED) is 0.411. The van der Waals surface area contributed by atoms with Crippen LogP contribution >= 0.6 is 0 Å². The molecule has 2 amide bonds. The predicted octanol–water partition coefficient (Wildman–Crippen LogP) is 2.59. The van der Waals surface area contributed by atoms with Crippen LogP contribution in [0.2, 0.25) is 0 Å². The molecule has 0 aliphatic carbocycles. The maximum atomic E-state index is 12.3. The van der Waals surface area contributed by atoms with Crippen LogP contribution in [-0.2, 0) is 24.3 Å². The molecule has 0 unspecified atom stereocenters. The number of rotatable bonds is 12. The van der Waals surface area contributed by atoms with E-state index < -0.39 is 16.1 Å². The lowest BCUT2D eigenvalue weighted by atomic mass is 10.2. The van der Waals surface area contributed by atoms with E-state index in [1.54, 1.807) is 36.4 Å². The third-order valence-electron chi connectivity index (χ3n) is 4.00. The Kier molecular flexibility index (Phi) is 9.92. The molecule has 174 valence electrons. The maximum absolute atomic E-state index is 12.3. The highest BCUT2D eigenvalue weighted by atomic mass is 32.2. The summed E-state index contributed by atoms with van der Waals surface area (Å²) in [6.45, 7) is 2.64. The highest BCUT2D eigenvalue weighted by molar-refractivity contribution is 7.89. The van der Waals surface area contributed by atoms with E-state index >= 15 is 0 Å². The lowest BCUT2D eigenvalue weighted by Gasteiger charge is -2.10. The second-order valence-corrected chi connectivity index (χ2v) is 8.20. The molecule has 32 heavy (non-hydrogen) atoms. The van der Waals surface area contributed by atoms with E-state index in [-0.39, 0.29) is 37.0 Å². The highest BCUT2D eigenvalue weighted by Gasteiger charge is 2.14. The van der Waals surface area contributed by atoms with Gasteiger partial charge in [-0.1, -0.05) is 6.07 Å². The number of amides is 2. The third kappa shape index (κ3) is 8.53. The molecule has 0 saturated carbocycles. The number of benzene rings is 2. The van der Waals surface area contributed by atoms with Crippen molar-refractivity contribution in [3.05, 3.63) is 48.5 Å². The monoisotopic (exact) mass is 465 g/mol. The summed E-state index contributed by atoms with van der Waals surface area (Å²) in [5.74, 6) is 0.185. The molecule has 10 nitrogen and oxygen atoms in total. The van der Waals surface area contributed by atoms with Crippen molar-refractivity contribution >= 4 is 33.4 Å². The lowest BCUT2D eigenvalue weighted by molar-refractivity contribution is -0.116. The summed E-state index contributed by atoms with van der Waals surface area (Å²) in [6.07, 6.45) is -0.721. The Balaban J connectivity index is 1.82. The minimum absolute atomic E-state index is 0.0764. The van der Waals surface area contributed by atoms with Crippen molar-refractivity contribution in [2.75, 3.05) is 44.1 Å². The van der Waals surface area contributed by atoms with Crippen molar-refractivity contribution in [2.45, 2.75) is 18.2 Å². The van der Waals surface area contributed by atoms with Crippen molar-refractivity contribution in [1.29, 1.82) is 0 Å². The molecule has 0 aliphatic rings. The predicted molar refractivity (Wildman–Crippen MR) is 119 cm³/mol. The Morgan fingerprint density at radius 3 is 2.31 bits per heavy atom. The van der Waals surface area contributed by atoms with Crippen molar-refractivity contribution in [1.82, 2.24) is 4.72 Å². The first kappa shape index (κ1) is 25.1. The van der Waals surface area contributed by atoms with Gasteiger partial charge in [0.05, 0.1) is 18.1 Å². The molecule has 0 aromatic heterocycles. The number of anilines is 2. The standard InChI is InChI=1S/C21H27N3O7S/c1-3-30-18-7-9-19(10-8-18)32(27,28)22-12-11-20(25)23-16-5-4-6-17(15-16)24-21(26)31-14-13-29-2/h4-10,15,22H,3,11-14H2,1-2H3,(H,23,25)(H,24,26). The second kappa shape index (κ2) is 12.6. The van der Waals surface area contributed by atoms with Crippen LogP contribution in [0.5, 0.6) is 5.75 Å². The number of methoxy groups -OCH3 is 1. The van der Waals surface area contributed by atoms with E-state index in [9.17, 15) is 18.0 Å². The van der Waals surface area contributed by atoms with E-state index in [4.69, 9.17) is 14.2 Å². The first-order chi connectivity index (χ1) is 15.3. The highest BCUT2D eigenvalue weighted by Crippen LogP contribution is 2.17. The summed E-state index contributed by atoms with van der Waals surface area (Å²) in [6, 6.07) is 12.5. The Morgan fingerprint density at radius 1 is 0.969 bits per heavy atom. The third-order valence-corrected chi connectivity index (χ3v) is 5.48. The van der Waals surface area contributed by atoms with Crippen molar-refractivity contribution < 1.29 is 32.2 Å². The van der Waals surface area contributed by atoms with Gasteiger partial charge in [-0.05, 0) is 49.4 Å². The topological polar surface area (TPSA) is 132 Å². The van der Waals surface area contributed by atoms with Gasteiger partial charge in [0, 0.05) is 31.5 Å². The second-order valence-electron chi connectivity index (χ2n) is 6.43. The van der Waals surface area contributed by atoms with Crippen LogP contribution in [-0.4, -0.2) is 53.9 Å². The first-order valence-electron chi connectivity index (χ1n) is 9.89. The van der Waals surface area contributed by atoms with Gasteiger partial charge in [-0.2, -0.15) is 0 Å². The van der Waals surface area contributed by atoms with Gasteiger partial charge in [-0.15, -0.1) is 0 Å². The number of carbonyl (C=O) groups excluding carboxylic acids is 2. The van der Waals surface area contributed by atoms with Crippen molar-refractivity contribution in [2.24, 2.45) is 0 Å². The number of nitrogens with one attached hydrogen (secondary N) is 3. The van der Waals surface area contributed by atoms with Gasteiger partial charge in [0.15, 0.2) is 0 Å². The largest absolute Gasteiger partial charge is 0.494 e. The van der Waals surface area contributed by atoms with E-state index in [0.717, 1.165) is 0 Å². The zero-order chi connectivity index (χ0) is 23.4. The van der Waals surface area contributed by atoms with Crippen LogP contribution in [0.15, 0.2) is 53.4 Å². The SMILES string of the molecule is CCOc1ccc(S(=O)(=O)NCCC(=O)Nc2cccc(NC(=O)OCCOC)c2)cc1. The molecule has 0 spiro atoms. The zero-order valence-electron chi connectivity index (χ0n) is 17.9. The van der Waals surface area contributed by atoms with E-state index in [2.05, 4.69) is 15.4 Å². The molecule has 0 saturated heterocycles. The molecule has 2 aromatic rings. The molecule has 2 aromatic carbocycles.